The van der Waals surface area contributed by atoms with Crippen molar-refractivity contribution in [2.24, 2.45) is 0 Å². The molecule has 1 rings (SSSR count). The normalized spacial score (nSPS) is 29.2. The maximum Gasteiger partial charge on any atom is 0.328 e. The number of carbonyl (C=O) groups is 1. The highest BCUT2D eigenvalue weighted by atomic mass is 17.0. The molecule has 0 aromatic heterocycles. The molecule has 0 radical (unpaired) electrons. The molecule has 1 aliphatic heterocycles. The summed E-state index contributed by atoms with van der Waals surface area (Å²) in [7, 11) is 2.68. The van der Waals surface area contributed by atoms with Crippen molar-refractivity contribution < 1.29 is 24.3 Å². The van der Waals surface area contributed by atoms with Crippen LogP contribution >= 0.6 is 0 Å². The number of carbonyl (C=O) groups excluding carboxylic acids is 1. The third-order valence-corrected chi connectivity index (χ3v) is 1.85. The smallest absolute Gasteiger partial charge is 0.328 e. The average Bonchev–Trinajstić information content (AvgIpc) is 2.59. The Kier molecular flexibility index (Phi) is 3.61. The van der Waals surface area contributed by atoms with Gasteiger partial charge in [-0.15, -0.1) is 0 Å². The first-order chi connectivity index (χ1) is 6.22. The molecule has 0 amide bonds. The van der Waals surface area contributed by atoms with Crippen molar-refractivity contribution in [3.05, 3.63) is 0 Å². The summed E-state index contributed by atoms with van der Waals surface area (Å²) in [5, 5.41) is 9.84. The fourth-order valence-corrected chi connectivity index (χ4v) is 1.19. The third-order valence-electron chi connectivity index (χ3n) is 1.85. The average molecular weight is 191 g/mol. The van der Waals surface area contributed by atoms with Crippen LogP contribution in [0.1, 0.15) is 6.42 Å². The topological polar surface area (TPSA) is 68.2 Å². The van der Waals surface area contributed by atoms with E-state index in [2.05, 4.69) is 4.74 Å². The fraction of sp³-hybridized carbons (Fsp3) is 0.857. The molecule has 1 fully saturated rings. The van der Waals surface area contributed by atoms with Crippen molar-refractivity contribution in [1.82, 2.24) is 5.23 Å². The Balaban J connectivity index is 2.57. The zero-order chi connectivity index (χ0) is 9.84. The number of rotatable bonds is 3. The molecule has 1 N–H and O–H groups in total. The molecule has 2 atom stereocenters. The highest BCUT2D eigenvalue weighted by molar-refractivity contribution is 5.75. The van der Waals surface area contributed by atoms with E-state index in [1.165, 1.54) is 14.2 Å². The first-order valence-corrected chi connectivity index (χ1v) is 3.91. The Labute approximate surface area is 75.9 Å². The van der Waals surface area contributed by atoms with E-state index >= 15 is 0 Å². The second-order valence-electron chi connectivity index (χ2n) is 2.65. The summed E-state index contributed by atoms with van der Waals surface area (Å²) in [5.41, 5.74) is 0. The Morgan fingerprint density at radius 3 is 2.85 bits per heavy atom. The van der Waals surface area contributed by atoms with Crippen molar-refractivity contribution in [2.75, 3.05) is 20.8 Å². The molecule has 1 unspecified atom stereocenters. The number of ether oxygens (including phenoxy) is 1. The molecule has 0 spiro atoms. The molecule has 0 saturated carbocycles. The van der Waals surface area contributed by atoms with Crippen LogP contribution in [0, 0.1) is 0 Å². The van der Waals surface area contributed by atoms with Crippen LogP contribution in [0.4, 0.5) is 0 Å². The van der Waals surface area contributed by atoms with Crippen molar-refractivity contribution >= 4 is 5.97 Å². The van der Waals surface area contributed by atoms with Gasteiger partial charge >= 0.3 is 5.97 Å². The predicted molar refractivity (Wildman–Crippen MR) is 41.2 cm³/mol. The number of nitrogens with zero attached hydrogens (tertiary/aromatic N) is 1. The number of methoxy groups -OCH3 is 1. The number of hydrogen-bond donors (Lipinski definition) is 1. The molecular formula is C7H13NO5. The van der Waals surface area contributed by atoms with Gasteiger partial charge in [-0.25, -0.2) is 0 Å². The summed E-state index contributed by atoms with van der Waals surface area (Å²) >= 11 is 0. The van der Waals surface area contributed by atoms with E-state index in [1.54, 1.807) is 0 Å². The lowest BCUT2D eigenvalue weighted by atomic mass is 10.1. The molecule has 1 aliphatic rings. The molecule has 6 heteroatoms. The standard InChI is InChI=1S/C7H13NO5/c1-11-7(10)6-3-5(4-9)13-8(6)12-2/h5-6,9H,3-4H2,1-2H3/t5-,6?/m1/s1. The van der Waals surface area contributed by atoms with E-state index in [0.717, 1.165) is 5.23 Å². The van der Waals surface area contributed by atoms with Gasteiger partial charge in [0.1, 0.15) is 6.10 Å². The Bertz CT molecular complexity index is 186. The van der Waals surface area contributed by atoms with Crippen LogP contribution in [0.3, 0.4) is 0 Å². The molecule has 0 bridgehead atoms. The number of hydrogen-bond acceptors (Lipinski definition) is 6. The quantitative estimate of drug-likeness (QED) is 0.582. The van der Waals surface area contributed by atoms with E-state index in [0.29, 0.717) is 6.42 Å². The lowest BCUT2D eigenvalue weighted by Crippen LogP contribution is -2.35. The molecule has 0 aliphatic carbocycles. The summed E-state index contributed by atoms with van der Waals surface area (Å²) in [4.78, 5) is 21.0. The number of aliphatic hydroxyl groups is 1. The van der Waals surface area contributed by atoms with Gasteiger partial charge in [-0.3, -0.25) is 14.5 Å². The molecule has 76 valence electrons. The van der Waals surface area contributed by atoms with E-state index in [4.69, 9.17) is 14.8 Å². The van der Waals surface area contributed by atoms with Gasteiger partial charge in [0.2, 0.25) is 0 Å². The minimum absolute atomic E-state index is 0.145. The van der Waals surface area contributed by atoms with Gasteiger partial charge in [0.05, 0.1) is 20.8 Å². The molecule has 1 heterocycles. The number of esters is 1. The van der Waals surface area contributed by atoms with Gasteiger partial charge in [-0.2, -0.15) is 0 Å². The zero-order valence-corrected chi connectivity index (χ0v) is 7.60. The third kappa shape index (κ3) is 2.16. The van der Waals surface area contributed by atoms with Crippen molar-refractivity contribution in [3.8, 4) is 0 Å². The van der Waals surface area contributed by atoms with Crippen LogP contribution in [-0.4, -0.2) is 49.3 Å². The number of aliphatic hydroxyl groups excluding tert-OH is 1. The van der Waals surface area contributed by atoms with Crippen LogP contribution in [0.15, 0.2) is 0 Å². The molecule has 13 heavy (non-hydrogen) atoms. The van der Waals surface area contributed by atoms with E-state index < -0.39 is 18.1 Å². The minimum Gasteiger partial charge on any atom is -0.468 e. The largest absolute Gasteiger partial charge is 0.468 e. The summed E-state index contributed by atoms with van der Waals surface area (Å²) < 4.78 is 4.54. The van der Waals surface area contributed by atoms with Crippen LogP contribution in [0.5, 0.6) is 0 Å². The van der Waals surface area contributed by atoms with Crippen molar-refractivity contribution in [1.29, 1.82) is 0 Å². The van der Waals surface area contributed by atoms with Gasteiger partial charge in [0.15, 0.2) is 6.04 Å². The van der Waals surface area contributed by atoms with Crippen LogP contribution < -0.4 is 0 Å². The fourth-order valence-electron chi connectivity index (χ4n) is 1.19. The molecule has 0 aromatic carbocycles. The Morgan fingerprint density at radius 2 is 2.38 bits per heavy atom. The molecule has 1 saturated heterocycles. The summed E-state index contributed by atoms with van der Waals surface area (Å²) in [6.45, 7) is -0.145. The monoisotopic (exact) mass is 191 g/mol. The van der Waals surface area contributed by atoms with Crippen LogP contribution in [0.2, 0.25) is 0 Å². The summed E-state index contributed by atoms with van der Waals surface area (Å²) in [6, 6.07) is -0.591. The minimum atomic E-state index is -0.591. The SMILES string of the molecule is COC(=O)C1C[C@H](CO)ON1OC. The van der Waals surface area contributed by atoms with Gasteiger partial charge in [0.25, 0.3) is 0 Å². The maximum absolute atomic E-state index is 11.1. The highest BCUT2D eigenvalue weighted by Crippen LogP contribution is 2.21. The van der Waals surface area contributed by atoms with Crippen LogP contribution in [0.25, 0.3) is 0 Å². The summed E-state index contributed by atoms with van der Waals surface area (Å²) in [5.74, 6) is -0.433. The van der Waals surface area contributed by atoms with Gasteiger partial charge in [-0.1, -0.05) is 5.23 Å². The first-order valence-electron chi connectivity index (χ1n) is 3.91. The highest BCUT2D eigenvalue weighted by Gasteiger charge is 2.39. The summed E-state index contributed by atoms with van der Waals surface area (Å²) in [6.07, 6.45) is -0.0270. The van der Waals surface area contributed by atoms with E-state index in [9.17, 15) is 4.79 Å². The van der Waals surface area contributed by atoms with Crippen molar-refractivity contribution in [3.63, 3.8) is 0 Å². The zero-order valence-electron chi connectivity index (χ0n) is 7.60. The Hall–Kier alpha value is -0.690. The van der Waals surface area contributed by atoms with E-state index in [-0.39, 0.29) is 6.61 Å². The van der Waals surface area contributed by atoms with Gasteiger partial charge < -0.3 is 9.84 Å². The lowest BCUT2D eigenvalue weighted by Gasteiger charge is -2.16. The van der Waals surface area contributed by atoms with E-state index in [1.807, 2.05) is 0 Å². The molecule has 0 aromatic rings. The van der Waals surface area contributed by atoms with Crippen molar-refractivity contribution in [2.45, 2.75) is 18.6 Å². The van der Waals surface area contributed by atoms with Crippen LogP contribution in [-0.2, 0) is 19.2 Å². The lowest BCUT2D eigenvalue weighted by molar-refractivity contribution is -0.355. The predicted octanol–water partition coefficient (Wildman–Crippen LogP) is -0.912. The van der Waals surface area contributed by atoms with Gasteiger partial charge in [0, 0.05) is 6.42 Å². The molecular weight excluding hydrogens is 178 g/mol. The molecule has 6 nitrogen and oxygen atoms in total. The first kappa shape index (κ1) is 10.4. The second kappa shape index (κ2) is 4.52. The maximum atomic E-state index is 11.1. The Morgan fingerprint density at radius 1 is 1.69 bits per heavy atom. The number of hydroxylamine groups is 2. The van der Waals surface area contributed by atoms with Gasteiger partial charge in [-0.05, 0) is 0 Å². The second-order valence-corrected chi connectivity index (χ2v) is 2.65.